The number of rotatable bonds is 8. The van der Waals surface area contributed by atoms with Gasteiger partial charge in [-0.1, -0.05) is 25.1 Å². The number of nitrogens with one attached hydrogen (secondary N) is 1. The highest BCUT2D eigenvalue weighted by molar-refractivity contribution is 5.97. The highest BCUT2D eigenvalue weighted by Gasteiger charge is 2.21. The van der Waals surface area contributed by atoms with Gasteiger partial charge >= 0.3 is 0 Å². The second-order valence-corrected chi connectivity index (χ2v) is 6.88. The van der Waals surface area contributed by atoms with Gasteiger partial charge in [0.05, 0.1) is 6.54 Å². The van der Waals surface area contributed by atoms with E-state index in [0.29, 0.717) is 30.3 Å². The average Bonchev–Trinajstić information content (AvgIpc) is 2.62. The molecule has 26 heavy (non-hydrogen) atoms. The molecule has 2 amide bonds. The maximum absolute atomic E-state index is 12.7. The number of hydrogen-bond donors (Lipinski definition) is 1. The van der Waals surface area contributed by atoms with Crippen molar-refractivity contribution in [3.63, 3.8) is 0 Å². The Kier molecular flexibility index (Phi) is 7.60. The maximum atomic E-state index is 12.7. The lowest BCUT2D eigenvalue weighted by atomic mass is 9.98. The van der Waals surface area contributed by atoms with E-state index in [9.17, 15) is 9.59 Å². The number of carbonyl (C=O) groups excluding carboxylic acids is 2. The first-order valence-electron chi connectivity index (χ1n) is 9.16. The van der Waals surface area contributed by atoms with Gasteiger partial charge in [0.1, 0.15) is 0 Å². The van der Waals surface area contributed by atoms with E-state index in [1.54, 1.807) is 36.4 Å². The molecule has 0 aromatic heterocycles. The number of anilines is 1. The summed E-state index contributed by atoms with van der Waals surface area (Å²) in [6.45, 7) is 12.7. The Morgan fingerprint density at radius 1 is 1.23 bits per heavy atom. The van der Waals surface area contributed by atoms with Crippen LogP contribution in [0.3, 0.4) is 0 Å². The maximum Gasteiger partial charge on any atom is 0.253 e. The molecule has 5 nitrogen and oxygen atoms in total. The zero-order valence-electron chi connectivity index (χ0n) is 15.6. The first-order valence-corrected chi connectivity index (χ1v) is 9.16. The van der Waals surface area contributed by atoms with Gasteiger partial charge in [0.15, 0.2) is 0 Å². The van der Waals surface area contributed by atoms with Crippen molar-refractivity contribution < 1.29 is 9.59 Å². The van der Waals surface area contributed by atoms with E-state index >= 15 is 0 Å². The van der Waals surface area contributed by atoms with Crippen LogP contribution in [0.1, 0.15) is 30.1 Å². The SMILES string of the molecule is C=CCN(CC=C)CC(=O)Nc1cccc(C(=O)N2CCC(C)CC2)c1. The lowest BCUT2D eigenvalue weighted by Crippen LogP contribution is -2.38. The Morgan fingerprint density at radius 2 is 1.88 bits per heavy atom. The molecule has 1 N–H and O–H groups in total. The van der Waals surface area contributed by atoms with Gasteiger partial charge in [0.2, 0.25) is 5.91 Å². The lowest BCUT2D eigenvalue weighted by Gasteiger charge is -2.30. The summed E-state index contributed by atoms with van der Waals surface area (Å²) in [5, 5.41) is 2.87. The molecule has 1 saturated heterocycles. The molecule has 0 aliphatic carbocycles. The van der Waals surface area contributed by atoms with Gasteiger partial charge in [-0.2, -0.15) is 0 Å². The molecule has 0 spiro atoms. The van der Waals surface area contributed by atoms with Crippen molar-refractivity contribution in [1.29, 1.82) is 0 Å². The number of nitrogens with zero attached hydrogens (tertiary/aromatic N) is 2. The Balaban J connectivity index is 1.97. The topological polar surface area (TPSA) is 52.7 Å². The molecule has 1 aliphatic rings. The van der Waals surface area contributed by atoms with E-state index in [1.165, 1.54) is 0 Å². The van der Waals surface area contributed by atoms with Gasteiger partial charge < -0.3 is 10.2 Å². The first-order chi connectivity index (χ1) is 12.5. The van der Waals surface area contributed by atoms with Crippen LogP contribution in [0.15, 0.2) is 49.6 Å². The Labute approximate surface area is 156 Å². The standard InChI is InChI=1S/C21H29N3O2/c1-4-11-23(12-5-2)16-20(25)22-19-8-6-7-18(15-19)21(26)24-13-9-17(3)10-14-24/h4-8,15,17H,1-2,9-14,16H2,3H3,(H,22,25). The Morgan fingerprint density at radius 3 is 2.50 bits per heavy atom. The van der Waals surface area contributed by atoms with Gasteiger partial charge in [0, 0.05) is 37.4 Å². The molecule has 0 radical (unpaired) electrons. The largest absolute Gasteiger partial charge is 0.339 e. The molecule has 0 saturated carbocycles. The van der Waals surface area contributed by atoms with Crippen LogP contribution >= 0.6 is 0 Å². The monoisotopic (exact) mass is 355 g/mol. The van der Waals surface area contributed by atoms with Gasteiger partial charge in [-0.3, -0.25) is 14.5 Å². The highest BCUT2D eigenvalue weighted by atomic mass is 16.2. The fourth-order valence-electron chi connectivity index (χ4n) is 3.10. The molecule has 5 heteroatoms. The van der Waals surface area contributed by atoms with Crippen molar-refractivity contribution >= 4 is 17.5 Å². The highest BCUT2D eigenvalue weighted by Crippen LogP contribution is 2.19. The summed E-state index contributed by atoms with van der Waals surface area (Å²) >= 11 is 0. The van der Waals surface area contributed by atoms with Crippen LogP contribution in [0.5, 0.6) is 0 Å². The Bertz CT molecular complexity index is 638. The molecule has 1 aliphatic heterocycles. The van der Waals surface area contributed by atoms with Crippen molar-refractivity contribution in [3.05, 3.63) is 55.1 Å². The predicted octanol–water partition coefficient (Wildman–Crippen LogP) is 3.17. The van der Waals surface area contributed by atoms with Crippen molar-refractivity contribution in [1.82, 2.24) is 9.80 Å². The second kappa shape index (κ2) is 9.92. The third-order valence-corrected chi connectivity index (χ3v) is 4.61. The molecule has 1 aromatic carbocycles. The molecule has 0 atom stereocenters. The number of carbonyl (C=O) groups is 2. The van der Waals surface area contributed by atoms with Crippen LogP contribution in [0.25, 0.3) is 0 Å². The van der Waals surface area contributed by atoms with Crippen LogP contribution in [-0.2, 0) is 4.79 Å². The zero-order chi connectivity index (χ0) is 18.9. The summed E-state index contributed by atoms with van der Waals surface area (Å²) < 4.78 is 0. The van der Waals surface area contributed by atoms with Crippen LogP contribution in [0.2, 0.25) is 0 Å². The van der Waals surface area contributed by atoms with Gasteiger partial charge in [-0.05, 0) is 37.0 Å². The van der Waals surface area contributed by atoms with E-state index in [4.69, 9.17) is 0 Å². The number of benzene rings is 1. The van der Waals surface area contributed by atoms with Crippen molar-refractivity contribution in [3.8, 4) is 0 Å². The van der Waals surface area contributed by atoms with Crippen molar-refractivity contribution in [2.24, 2.45) is 5.92 Å². The van der Waals surface area contributed by atoms with Gasteiger partial charge in [-0.25, -0.2) is 0 Å². The van der Waals surface area contributed by atoms with Crippen LogP contribution in [0, 0.1) is 5.92 Å². The van der Waals surface area contributed by atoms with Crippen molar-refractivity contribution in [2.45, 2.75) is 19.8 Å². The average molecular weight is 355 g/mol. The van der Waals surface area contributed by atoms with Gasteiger partial charge in [-0.15, -0.1) is 13.2 Å². The molecule has 0 bridgehead atoms. The van der Waals surface area contributed by atoms with E-state index in [0.717, 1.165) is 25.9 Å². The minimum absolute atomic E-state index is 0.0351. The number of amides is 2. The first kappa shape index (κ1) is 19.9. The summed E-state index contributed by atoms with van der Waals surface area (Å²) in [6, 6.07) is 7.17. The second-order valence-electron chi connectivity index (χ2n) is 6.88. The van der Waals surface area contributed by atoms with Crippen molar-refractivity contribution in [2.75, 3.05) is 38.0 Å². The smallest absolute Gasteiger partial charge is 0.253 e. The number of hydrogen-bond acceptors (Lipinski definition) is 3. The summed E-state index contributed by atoms with van der Waals surface area (Å²) in [5.74, 6) is 0.594. The number of likely N-dealkylation sites (tertiary alicyclic amines) is 1. The van der Waals surface area contributed by atoms with Crippen LogP contribution in [0.4, 0.5) is 5.69 Å². The Hall–Kier alpha value is -2.40. The third kappa shape index (κ3) is 5.85. The normalized spacial score (nSPS) is 14.9. The summed E-state index contributed by atoms with van der Waals surface area (Å²) in [6.07, 6.45) is 5.61. The van der Waals surface area contributed by atoms with E-state index in [-0.39, 0.29) is 18.4 Å². The molecule has 1 fully saturated rings. The van der Waals surface area contributed by atoms with Gasteiger partial charge in [0.25, 0.3) is 5.91 Å². The molecular formula is C21H29N3O2. The minimum atomic E-state index is -0.120. The summed E-state index contributed by atoms with van der Waals surface area (Å²) in [4.78, 5) is 28.8. The lowest BCUT2D eigenvalue weighted by molar-refractivity contribution is -0.117. The molecule has 2 rings (SSSR count). The van der Waals surface area contributed by atoms with Crippen LogP contribution < -0.4 is 5.32 Å². The van der Waals surface area contributed by atoms with E-state index in [1.807, 2.05) is 9.80 Å². The summed E-state index contributed by atoms with van der Waals surface area (Å²) in [5.41, 5.74) is 1.26. The predicted molar refractivity (Wildman–Crippen MR) is 106 cm³/mol. The third-order valence-electron chi connectivity index (χ3n) is 4.61. The quantitative estimate of drug-likeness (QED) is 0.729. The van der Waals surface area contributed by atoms with E-state index < -0.39 is 0 Å². The molecule has 1 heterocycles. The van der Waals surface area contributed by atoms with E-state index in [2.05, 4.69) is 25.4 Å². The fraction of sp³-hybridized carbons (Fsp3) is 0.429. The molecule has 0 unspecified atom stereocenters. The molecule has 1 aromatic rings. The zero-order valence-corrected chi connectivity index (χ0v) is 15.6. The minimum Gasteiger partial charge on any atom is -0.339 e. The number of piperidine rings is 1. The van der Waals surface area contributed by atoms with Crippen LogP contribution in [-0.4, -0.2) is 54.3 Å². The molecular weight excluding hydrogens is 326 g/mol. The molecule has 140 valence electrons. The fourth-order valence-corrected chi connectivity index (χ4v) is 3.10. The summed E-state index contributed by atoms with van der Waals surface area (Å²) in [7, 11) is 0.